The lowest BCUT2D eigenvalue weighted by molar-refractivity contribution is -0.134. The Bertz CT molecular complexity index is 801. The molecule has 25 heavy (non-hydrogen) atoms. The first-order chi connectivity index (χ1) is 12.1. The zero-order chi connectivity index (χ0) is 17.4. The Kier molecular flexibility index (Phi) is 4.51. The van der Waals surface area contributed by atoms with Crippen LogP contribution >= 0.6 is 15.9 Å². The van der Waals surface area contributed by atoms with Gasteiger partial charge in [0, 0.05) is 22.9 Å². The number of carbonyl (C=O) groups excluding carboxylic acids is 1. The number of allylic oxidation sites excluding steroid dienone is 1. The molecule has 1 heterocycles. The van der Waals surface area contributed by atoms with E-state index in [0.717, 1.165) is 10.9 Å². The van der Waals surface area contributed by atoms with E-state index in [0.29, 0.717) is 18.4 Å². The number of hydrogen-bond donors (Lipinski definition) is 0. The zero-order valence-electron chi connectivity index (χ0n) is 14.3. The molecule has 0 aromatic heterocycles. The van der Waals surface area contributed by atoms with Gasteiger partial charge in [0.05, 0.1) is 6.04 Å². The molecule has 0 unspecified atom stereocenters. The summed E-state index contributed by atoms with van der Waals surface area (Å²) < 4.78 is 1.06. The minimum absolute atomic E-state index is 0.0951. The van der Waals surface area contributed by atoms with Crippen LogP contribution < -0.4 is 0 Å². The third kappa shape index (κ3) is 3.06. The fourth-order valence-electron chi connectivity index (χ4n) is 4.39. The molecular formula is C22H22BrNO. The van der Waals surface area contributed by atoms with Crippen LogP contribution in [0.15, 0.2) is 71.2 Å². The molecule has 1 aliphatic heterocycles. The van der Waals surface area contributed by atoms with Crippen LogP contribution in [0.5, 0.6) is 0 Å². The fraction of sp³-hybridized carbons (Fsp3) is 0.318. The molecule has 1 aliphatic carbocycles. The maximum Gasteiger partial charge on any atom is 0.227 e. The quantitative estimate of drug-likeness (QED) is 0.640. The van der Waals surface area contributed by atoms with Gasteiger partial charge in [0.15, 0.2) is 0 Å². The highest BCUT2D eigenvalue weighted by molar-refractivity contribution is 9.10. The molecule has 1 saturated heterocycles. The van der Waals surface area contributed by atoms with Gasteiger partial charge in [-0.1, -0.05) is 77.5 Å². The Balaban J connectivity index is 1.76. The lowest BCUT2D eigenvalue weighted by atomic mass is 9.75. The molecule has 4 atom stereocenters. The molecule has 1 fully saturated rings. The van der Waals surface area contributed by atoms with Crippen molar-refractivity contribution in [2.75, 3.05) is 0 Å². The molecule has 0 N–H and O–H groups in total. The lowest BCUT2D eigenvalue weighted by Gasteiger charge is -2.29. The number of amides is 1. The van der Waals surface area contributed by atoms with E-state index in [1.165, 1.54) is 11.1 Å². The summed E-state index contributed by atoms with van der Waals surface area (Å²) in [4.78, 5) is 15.4. The van der Waals surface area contributed by atoms with Crippen molar-refractivity contribution in [1.29, 1.82) is 0 Å². The van der Waals surface area contributed by atoms with Crippen molar-refractivity contribution in [3.8, 4) is 0 Å². The number of hydrogen-bond acceptors (Lipinski definition) is 1. The topological polar surface area (TPSA) is 20.3 Å². The van der Waals surface area contributed by atoms with Crippen LogP contribution in [0.4, 0.5) is 0 Å². The van der Waals surface area contributed by atoms with Gasteiger partial charge in [-0.3, -0.25) is 4.79 Å². The van der Waals surface area contributed by atoms with Crippen molar-refractivity contribution in [3.05, 3.63) is 82.3 Å². The van der Waals surface area contributed by atoms with Crippen molar-refractivity contribution >= 4 is 21.8 Å². The molecule has 0 spiro atoms. The van der Waals surface area contributed by atoms with E-state index in [9.17, 15) is 4.79 Å². The number of halogens is 1. The van der Waals surface area contributed by atoms with E-state index < -0.39 is 0 Å². The van der Waals surface area contributed by atoms with Crippen LogP contribution in [0.3, 0.4) is 0 Å². The lowest BCUT2D eigenvalue weighted by Crippen LogP contribution is -2.30. The summed E-state index contributed by atoms with van der Waals surface area (Å²) in [7, 11) is 0. The molecule has 3 heteroatoms. The SMILES string of the molecule is C[C@@H]1CC=C[C@H]2[C@H]1C(=O)N(Cc1ccccc1)[C@H]2c1cccc(Br)c1. The Morgan fingerprint density at radius 1 is 1.12 bits per heavy atom. The van der Waals surface area contributed by atoms with Gasteiger partial charge in [0.2, 0.25) is 5.91 Å². The van der Waals surface area contributed by atoms with Crippen LogP contribution in [-0.2, 0) is 11.3 Å². The molecule has 2 nitrogen and oxygen atoms in total. The van der Waals surface area contributed by atoms with Crippen molar-refractivity contribution in [2.45, 2.75) is 25.9 Å². The Labute approximate surface area is 157 Å². The first kappa shape index (κ1) is 16.6. The number of rotatable bonds is 3. The van der Waals surface area contributed by atoms with Crippen molar-refractivity contribution in [1.82, 2.24) is 4.90 Å². The van der Waals surface area contributed by atoms with Crippen LogP contribution in [0.1, 0.15) is 30.5 Å². The van der Waals surface area contributed by atoms with Crippen molar-refractivity contribution < 1.29 is 4.79 Å². The van der Waals surface area contributed by atoms with Gasteiger partial charge in [0.25, 0.3) is 0 Å². The molecule has 0 saturated carbocycles. The second kappa shape index (κ2) is 6.80. The normalized spacial score (nSPS) is 28.2. The third-order valence-electron chi connectivity index (χ3n) is 5.55. The molecular weight excluding hydrogens is 374 g/mol. The van der Waals surface area contributed by atoms with E-state index >= 15 is 0 Å². The molecule has 1 amide bonds. The summed E-state index contributed by atoms with van der Waals surface area (Å²) in [5, 5.41) is 0. The third-order valence-corrected chi connectivity index (χ3v) is 6.04. The largest absolute Gasteiger partial charge is 0.330 e. The highest BCUT2D eigenvalue weighted by Crippen LogP contribution is 2.49. The molecule has 128 valence electrons. The molecule has 2 aromatic rings. The zero-order valence-corrected chi connectivity index (χ0v) is 15.9. The van der Waals surface area contributed by atoms with Crippen molar-refractivity contribution in [2.24, 2.45) is 17.8 Å². The molecule has 0 radical (unpaired) electrons. The number of nitrogens with zero attached hydrogens (tertiary/aromatic N) is 1. The van der Waals surface area contributed by atoms with Gasteiger partial charge in [0.1, 0.15) is 0 Å². The number of likely N-dealkylation sites (tertiary alicyclic amines) is 1. The summed E-state index contributed by atoms with van der Waals surface area (Å²) in [6.45, 7) is 2.88. The standard InChI is InChI=1S/C22H22BrNO/c1-15-7-5-12-19-20(15)22(25)24(14-16-8-3-2-4-9-16)21(19)17-10-6-11-18(23)13-17/h2-6,8-13,15,19-21H,7,14H2,1H3/t15-,19+,20+,21+/m1/s1. The molecule has 2 aliphatic rings. The monoisotopic (exact) mass is 395 g/mol. The second-order valence-corrected chi connectivity index (χ2v) is 8.11. The average molecular weight is 396 g/mol. The first-order valence-corrected chi connectivity index (χ1v) is 9.71. The summed E-state index contributed by atoms with van der Waals surface area (Å²) in [5.41, 5.74) is 2.40. The second-order valence-electron chi connectivity index (χ2n) is 7.20. The van der Waals surface area contributed by atoms with Crippen molar-refractivity contribution in [3.63, 3.8) is 0 Å². The summed E-state index contributed by atoms with van der Waals surface area (Å²) in [6.07, 6.45) is 5.53. The van der Waals surface area contributed by atoms with Gasteiger partial charge in [-0.25, -0.2) is 0 Å². The van der Waals surface area contributed by atoms with E-state index in [4.69, 9.17) is 0 Å². The van der Waals surface area contributed by atoms with Crippen LogP contribution in [0, 0.1) is 17.8 Å². The summed E-state index contributed by atoms with van der Waals surface area (Å²) in [6, 6.07) is 18.8. The number of benzene rings is 2. The predicted molar refractivity (Wildman–Crippen MR) is 104 cm³/mol. The van der Waals surface area contributed by atoms with Gasteiger partial charge in [-0.2, -0.15) is 0 Å². The molecule has 0 bridgehead atoms. The molecule has 4 rings (SSSR count). The van der Waals surface area contributed by atoms with Gasteiger partial charge in [-0.15, -0.1) is 0 Å². The van der Waals surface area contributed by atoms with Gasteiger partial charge < -0.3 is 4.90 Å². The number of fused-ring (bicyclic) bond motifs is 1. The Morgan fingerprint density at radius 2 is 1.92 bits per heavy atom. The fourth-order valence-corrected chi connectivity index (χ4v) is 4.81. The maximum atomic E-state index is 13.3. The van der Waals surface area contributed by atoms with Crippen LogP contribution in [0.2, 0.25) is 0 Å². The Morgan fingerprint density at radius 3 is 2.68 bits per heavy atom. The minimum Gasteiger partial charge on any atom is -0.330 e. The highest BCUT2D eigenvalue weighted by atomic mass is 79.9. The Hall–Kier alpha value is -1.87. The van der Waals surface area contributed by atoms with E-state index in [1.807, 2.05) is 24.3 Å². The minimum atomic E-state index is 0.0951. The smallest absolute Gasteiger partial charge is 0.227 e. The maximum absolute atomic E-state index is 13.3. The summed E-state index contributed by atoms with van der Waals surface area (Å²) in [5.74, 6) is 1.06. The van der Waals surface area contributed by atoms with E-state index in [-0.39, 0.29) is 17.9 Å². The molecule has 2 aromatic carbocycles. The summed E-state index contributed by atoms with van der Waals surface area (Å²) >= 11 is 3.59. The van der Waals surface area contributed by atoms with Crippen LogP contribution in [-0.4, -0.2) is 10.8 Å². The van der Waals surface area contributed by atoms with E-state index in [2.05, 4.69) is 70.2 Å². The van der Waals surface area contributed by atoms with E-state index in [1.54, 1.807) is 0 Å². The van der Waals surface area contributed by atoms with Gasteiger partial charge in [-0.05, 0) is 35.6 Å². The van der Waals surface area contributed by atoms with Gasteiger partial charge >= 0.3 is 0 Å². The highest BCUT2D eigenvalue weighted by Gasteiger charge is 2.50. The average Bonchev–Trinajstić information content (AvgIpc) is 2.89. The first-order valence-electron chi connectivity index (χ1n) is 8.91. The van der Waals surface area contributed by atoms with Crippen LogP contribution in [0.25, 0.3) is 0 Å². The predicted octanol–water partition coefficient (Wildman–Crippen LogP) is 5.36. The number of carbonyl (C=O) groups is 1.